The highest BCUT2D eigenvalue weighted by atomic mass is 32.2. The summed E-state index contributed by atoms with van der Waals surface area (Å²) in [7, 11) is -3.43. The zero-order valence-corrected chi connectivity index (χ0v) is 25.9. The van der Waals surface area contributed by atoms with Crippen molar-refractivity contribution in [3.8, 4) is 11.8 Å². The van der Waals surface area contributed by atoms with E-state index in [0.717, 1.165) is 12.1 Å². The number of hydrogen-bond acceptors (Lipinski definition) is 8. The number of sulfone groups is 1. The fourth-order valence-electron chi connectivity index (χ4n) is 5.06. The van der Waals surface area contributed by atoms with Crippen LogP contribution in [0.25, 0.3) is 0 Å². The van der Waals surface area contributed by atoms with Crippen LogP contribution in [0.5, 0.6) is 5.75 Å². The summed E-state index contributed by atoms with van der Waals surface area (Å²) in [5.41, 5.74) is 0.365. The molecule has 1 aliphatic heterocycles. The van der Waals surface area contributed by atoms with Crippen LogP contribution in [0.4, 0.5) is 27.6 Å². The summed E-state index contributed by atoms with van der Waals surface area (Å²) in [6.07, 6.45) is -9.80. The first-order chi connectivity index (χ1) is 22.2. The average molecular weight is 682 g/mol. The summed E-state index contributed by atoms with van der Waals surface area (Å²) in [6.45, 7) is 0.727. The van der Waals surface area contributed by atoms with Crippen molar-refractivity contribution in [3.05, 3.63) is 89.5 Å². The van der Waals surface area contributed by atoms with E-state index in [1.54, 1.807) is 17.0 Å². The molecule has 47 heavy (non-hydrogen) atoms. The zero-order valence-electron chi connectivity index (χ0n) is 25.1. The summed E-state index contributed by atoms with van der Waals surface area (Å²) in [6, 6.07) is 15.9. The second-order valence-electron chi connectivity index (χ2n) is 10.8. The first-order valence-corrected chi connectivity index (χ1v) is 16.1. The van der Waals surface area contributed by atoms with Crippen LogP contribution in [-0.2, 0) is 20.8 Å². The lowest BCUT2D eigenvalue weighted by atomic mass is 10.1. The molecule has 2 N–H and O–H groups in total. The van der Waals surface area contributed by atoms with Gasteiger partial charge in [-0.05, 0) is 66.2 Å². The van der Waals surface area contributed by atoms with Gasteiger partial charge >= 0.3 is 12.3 Å². The third-order valence-corrected chi connectivity index (χ3v) is 9.35. The van der Waals surface area contributed by atoms with Gasteiger partial charge in [0.15, 0.2) is 9.84 Å². The van der Waals surface area contributed by atoms with Crippen molar-refractivity contribution < 1.29 is 49.7 Å². The molecule has 0 bridgehead atoms. The number of aliphatic hydroxyl groups excluding tert-OH is 1. The third kappa shape index (κ3) is 9.18. The van der Waals surface area contributed by atoms with Gasteiger partial charge in [-0.1, -0.05) is 19.1 Å². The summed E-state index contributed by atoms with van der Waals surface area (Å²) >= 11 is 0. The number of carbonyl (C=O) groups excluding carboxylic acids is 1. The fraction of sp³-hybridized carbons (Fsp3) is 0.375. The second kappa shape index (κ2) is 14.7. The number of aliphatic hydroxyl groups is 1. The Morgan fingerprint density at radius 3 is 2.23 bits per heavy atom. The second-order valence-corrected chi connectivity index (χ2v) is 13.1. The van der Waals surface area contributed by atoms with Crippen LogP contribution >= 0.6 is 0 Å². The summed E-state index contributed by atoms with van der Waals surface area (Å²) in [5, 5.41) is 21.3. The Labute approximate surface area is 268 Å². The Balaban J connectivity index is 1.47. The SMILES string of the molecule is CCS(=O)(=O)c1ccc([C@H](CO)NC(=O)c2ccc(N3CC(Oc4ccc(C(F)(F)F)cc4)C[C@H]3COC(F)(F)CC#N)cc2)cc1. The molecule has 1 heterocycles. The molecule has 0 aromatic heterocycles. The van der Waals surface area contributed by atoms with Crippen LogP contribution in [0.2, 0.25) is 0 Å². The maximum atomic E-state index is 14.0. The number of benzene rings is 3. The lowest BCUT2D eigenvalue weighted by Gasteiger charge is -2.27. The molecule has 0 spiro atoms. The Morgan fingerprint density at radius 1 is 1.04 bits per heavy atom. The summed E-state index contributed by atoms with van der Waals surface area (Å²) in [5.74, 6) is -0.456. The molecule has 0 aliphatic carbocycles. The minimum Gasteiger partial charge on any atom is -0.489 e. The van der Waals surface area contributed by atoms with Gasteiger partial charge in [0, 0.05) is 17.7 Å². The first kappa shape index (κ1) is 35.6. The van der Waals surface area contributed by atoms with Gasteiger partial charge in [-0.2, -0.15) is 27.2 Å². The highest BCUT2D eigenvalue weighted by molar-refractivity contribution is 7.91. The summed E-state index contributed by atoms with van der Waals surface area (Å²) < 4.78 is 102. The van der Waals surface area contributed by atoms with E-state index < -0.39 is 71.4 Å². The van der Waals surface area contributed by atoms with Crippen LogP contribution in [0.15, 0.2) is 77.7 Å². The van der Waals surface area contributed by atoms with Gasteiger partial charge in [-0.15, -0.1) is 0 Å². The molecule has 3 aromatic carbocycles. The van der Waals surface area contributed by atoms with E-state index in [-0.39, 0.29) is 34.9 Å². The Kier molecular flexibility index (Phi) is 11.1. The number of halogens is 5. The van der Waals surface area contributed by atoms with Crippen LogP contribution in [0.1, 0.15) is 47.3 Å². The number of hydrogen-bond donors (Lipinski definition) is 2. The van der Waals surface area contributed by atoms with Gasteiger partial charge < -0.3 is 24.8 Å². The molecule has 3 aromatic rings. The third-order valence-electron chi connectivity index (χ3n) is 7.60. The molecular formula is C32H32F5N3O6S. The molecule has 3 atom stereocenters. The fourth-order valence-corrected chi connectivity index (χ4v) is 5.95. The minimum absolute atomic E-state index is 0.0752. The van der Waals surface area contributed by atoms with Crippen LogP contribution in [0, 0.1) is 11.3 Å². The van der Waals surface area contributed by atoms with E-state index in [9.17, 15) is 40.3 Å². The van der Waals surface area contributed by atoms with Gasteiger partial charge in [0.05, 0.1) is 54.1 Å². The normalized spacial score (nSPS) is 17.6. The largest absolute Gasteiger partial charge is 0.489 e. The molecular weight excluding hydrogens is 649 g/mol. The number of carbonyl (C=O) groups is 1. The highest BCUT2D eigenvalue weighted by Gasteiger charge is 2.38. The standard InChI is InChI=1S/C32H32F5N3O6S/c1-2-47(43,44)28-13-5-21(6-14-28)29(19-41)39-30(42)22-3-9-24(10-4-22)40-18-27(17-25(40)20-45-31(33,34)15-16-38)46-26-11-7-23(8-12-26)32(35,36)37/h3-14,25,27,29,41H,2,15,17-20H2,1H3,(H,39,42)/t25-,27?,29-/m0/s1. The van der Waals surface area contributed by atoms with Crippen molar-refractivity contribution in [3.63, 3.8) is 0 Å². The molecule has 4 rings (SSSR count). The summed E-state index contributed by atoms with van der Waals surface area (Å²) in [4.78, 5) is 14.8. The zero-order chi connectivity index (χ0) is 34.4. The van der Waals surface area contributed by atoms with Gasteiger partial charge in [-0.3, -0.25) is 4.79 Å². The maximum absolute atomic E-state index is 14.0. The van der Waals surface area contributed by atoms with Gasteiger partial charge in [0.1, 0.15) is 18.3 Å². The van der Waals surface area contributed by atoms with Crippen LogP contribution in [-0.4, -0.2) is 63.2 Å². The molecule has 1 amide bonds. The van der Waals surface area contributed by atoms with Gasteiger partial charge in [-0.25, -0.2) is 8.42 Å². The Bertz CT molecular complexity index is 1660. The Morgan fingerprint density at radius 2 is 1.68 bits per heavy atom. The van der Waals surface area contributed by atoms with Gasteiger partial charge in [0.2, 0.25) is 0 Å². The molecule has 1 unspecified atom stereocenters. The lowest BCUT2D eigenvalue weighted by molar-refractivity contribution is -0.236. The van der Waals surface area contributed by atoms with Crippen molar-refractivity contribution in [2.24, 2.45) is 0 Å². The molecule has 0 radical (unpaired) electrons. The molecule has 252 valence electrons. The van der Waals surface area contributed by atoms with E-state index in [1.165, 1.54) is 61.5 Å². The predicted molar refractivity (Wildman–Crippen MR) is 161 cm³/mol. The predicted octanol–water partition coefficient (Wildman–Crippen LogP) is 5.51. The average Bonchev–Trinajstić information content (AvgIpc) is 3.45. The van der Waals surface area contributed by atoms with Crippen molar-refractivity contribution >= 4 is 21.4 Å². The number of rotatable bonds is 13. The minimum atomic E-state index is -4.52. The lowest BCUT2D eigenvalue weighted by Crippen LogP contribution is -2.36. The quantitative estimate of drug-likeness (QED) is 0.226. The monoisotopic (exact) mass is 681 g/mol. The van der Waals surface area contributed by atoms with Crippen molar-refractivity contribution in [2.45, 2.75) is 55.1 Å². The van der Waals surface area contributed by atoms with Crippen LogP contribution < -0.4 is 15.0 Å². The van der Waals surface area contributed by atoms with Crippen molar-refractivity contribution in [1.82, 2.24) is 5.32 Å². The first-order valence-electron chi connectivity index (χ1n) is 14.5. The number of nitrogens with one attached hydrogen (secondary N) is 1. The number of anilines is 1. The number of nitrogens with zero attached hydrogens (tertiary/aromatic N) is 2. The topological polar surface area (TPSA) is 129 Å². The van der Waals surface area contributed by atoms with Crippen molar-refractivity contribution in [1.29, 1.82) is 5.26 Å². The Hall–Kier alpha value is -4.26. The number of alkyl halides is 5. The molecule has 9 nitrogen and oxygen atoms in total. The maximum Gasteiger partial charge on any atom is 0.416 e. The van der Waals surface area contributed by atoms with E-state index in [0.29, 0.717) is 11.3 Å². The van der Waals surface area contributed by atoms with E-state index >= 15 is 0 Å². The molecule has 1 saturated heterocycles. The smallest absolute Gasteiger partial charge is 0.416 e. The van der Waals surface area contributed by atoms with E-state index in [1.807, 2.05) is 0 Å². The van der Waals surface area contributed by atoms with E-state index in [4.69, 9.17) is 14.7 Å². The van der Waals surface area contributed by atoms with Crippen LogP contribution in [0.3, 0.4) is 0 Å². The number of amides is 1. The molecule has 1 aliphatic rings. The van der Waals surface area contributed by atoms with Crippen molar-refractivity contribution in [2.75, 3.05) is 30.4 Å². The van der Waals surface area contributed by atoms with Gasteiger partial charge in [0.25, 0.3) is 5.91 Å². The highest BCUT2D eigenvalue weighted by Crippen LogP contribution is 2.33. The van der Waals surface area contributed by atoms with E-state index in [2.05, 4.69) is 5.32 Å². The molecule has 0 saturated carbocycles. The number of ether oxygens (including phenoxy) is 2. The molecule has 1 fully saturated rings. The number of nitriles is 1. The molecule has 15 heteroatoms.